The molecule has 1 amide bonds. The van der Waals surface area contributed by atoms with Gasteiger partial charge in [0.05, 0.1) is 6.26 Å². The Morgan fingerprint density at radius 1 is 1.26 bits per heavy atom. The van der Waals surface area contributed by atoms with Crippen molar-refractivity contribution in [1.29, 1.82) is 0 Å². The molecule has 0 spiro atoms. The van der Waals surface area contributed by atoms with Gasteiger partial charge in [-0.25, -0.2) is 0 Å². The van der Waals surface area contributed by atoms with Crippen LogP contribution in [0.1, 0.15) is 28.9 Å². The van der Waals surface area contributed by atoms with Crippen molar-refractivity contribution in [2.75, 3.05) is 13.1 Å². The summed E-state index contributed by atoms with van der Waals surface area (Å²) in [6.07, 6.45) is 3.44. The first-order valence-electron chi connectivity index (χ1n) is 9.04. The van der Waals surface area contributed by atoms with Gasteiger partial charge in [-0.15, -0.1) is 0 Å². The third kappa shape index (κ3) is 4.40. The molecule has 0 radical (unpaired) electrons. The van der Waals surface area contributed by atoms with Crippen molar-refractivity contribution in [1.82, 2.24) is 20.4 Å². The van der Waals surface area contributed by atoms with Gasteiger partial charge in [-0.05, 0) is 42.7 Å². The number of carbonyl (C=O) groups excluding carboxylic acids is 1. The summed E-state index contributed by atoms with van der Waals surface area (Å²) in [5.74, 6) is 0.511. The van der Waals surface area contributed by atoms with E-state index in [0.717, 1.165) is 37.5 Å². The van der Waals surface area contributed by atoms with E-state index in [2.05, 4.69) is 32.5 Å². The molecule has 1 aromatic carbocycles. The fraction of sp³-hybridized carbons (Fsp3) is 0.300. The van der Waals surface area contributed by atoms with Gasteiger partial charge in [-0.1, -0.05) is 23.7 Å². The van der Waals surface area contributed by atoms with Crippen molar-refractivity contribution in [2.45, 2.75) is 25.4 Å². The van der Waals surface area contributed by atoms with Gasteiger partial charge in [0.1, 0.15) is 5.69 Å². The molecule has 0 bridgehead atoms. The molecule has 2 aromatic heterocycles. The summed E-state index contributed by atoms with van der Waals surface area (Å²) in [5, 5.41) is 10.8. The predicted octanol–water partition coefficient (Wildman–Crippen LogP) is 3.72. The smallest absolute Gasteiger partial charge is 0.272 e. The van der Waals surface area contributed by atoms with Crippen LogP contribution in [0.5, 0.6) is 0 Å². The number of amides is 1. The van der Waals surface area contributed by atoms with Crippen molar-refractivity contribution in [2.24, 2.45) is 0 Å². The highest BCUT2D eigenvalue weighted by Crippen LogP contribution is 2.19. The largest absolute Gasteiger partial charge is 0.463 e. The van der Waals surface area contributed by atoms with E-state index in [0.29, 0.717) is 17.1 Å². The molecule has 0 aliphatic carbocycles. The molecule has 2 N–H and O–H groups in total. The van der Waals surface area contributed by atoms with E-state index >= 15 is 0 Å². The number of hydrogen-bond donors (Lipinski definition) is 2. The molecule has 0 saturated carbocycles. The summed E-state index contributed by atoms with van der Waals surface area (Å²) in [6.45, 7) is 2.81. The van der Waals surface area contributed by atoms with Crippen molar-refractivity contribution in [3.05, 3.63) is 65.0 Å². The highest BCUT2D eigenvalue weighted by Gasteiger charge is 2.22. The number of aromatic amines is 1. The third-order valence-corrected chi connectivity index (χ3v) is 5.09. The number of furan rings is 1. The van der Waals surface area contributed by atoms with Crippen LogP contribution in [0.25, 0.3) is 11.5 Å². The van der Waals surface area contributed by atoms with Gasteiger partial charge >= 0.3 is 0 Å². The molecule has 3 aromatic rings. The Bertz CT molecular complexity index is 881. The number of carbonyl (C=O) groups is 1. The maximum absolute atomic E-state index is 12.4. The van der Waals surface area contributed by atoms with Crippen LogP contribution >= 0.6 is 11.6 Å². The van der Waals surface area contributed by atoms with E-state index in [9.17, 15) is 4.79 Å². The summed E-state index contributed by atoms with van der Waals surface area (Å²) in [4.78, 5) is 14.8. The lowest BCUT2D eigenvalue weighted by atomic mass is 10.0. The Morgan fingerprint density at radius 2 is 2.04 bits per heavy atom. The summed E-state index contributed by atoms with van der Waals surface area (Å²) < 4.78 is 5.31. The minimum atomic E-state index is -0.153. The number of hydrogen-bond acceptors (Lipinski definition) is 4. The monoisotopic (exact) mass is 384 g/mol. The molecule has 4 rings (SSSR count). The van der Waals surface area contributed by atoms with Gasteiger partial charge in [-0.2, -0.15) is 5.10 Å². The molecule has 1 aliphatic rings. The SMILES string of the molecule is O=C(NC1CCN(Cc2ccc(Cl)cc2)CC1)c1cc(-c2ccco2)[nH]n1. The van der Waals surface area contributed by atoms with Gasteiger partial charge in [-0.3, -0.25) is 14.8 Å². The van der Waals surface area contributed by atoms with Crippen molar-refractivity contribution in [3.8, 4) is 11.5 Å². The molecule has 140 valence electrons. The highest BCUT2D eigenvalue weighted by molar-refractivity contribution is 6.30. The zero-order valence-corrected chi connectivity index (χ0v) is 15.6. The number of rotatable bonds is 5. The maximum atomic E-state index is 12.4. The lowest BCUT2D eigenvalue weighted by Gasteiger charge is -2.32. The molecule has 1 saturated heterocycles. The standard InChI is InChI=1S/C20H21ClN4O2/c21-15-5-3-14(4-6-15)13-25-9-7-16(8-10-25)22-20(26)18-12-17(23-24-18)19-2-1-11-27-19/h1-6,11-12,16H,7-10,13H2,(H,22,26)(H,23,24). The summed E-state index contributed by atoms with van der Waals surface area (Å²) in [7, 11) is 0. The first-order valence-corrected chi connectivity index (χ1v) is 9.42. The Kier molecular flexibility index (Phi) is 5.27. The van der Waals surface area contributed by atoms with Crippen LogP contribution in [-0.2, 0) is 6.54 Å². The number of likely N-dealkylation sites (tertiary alicyclic amines) is 1. The van der Waals surface area contributed by atoms with E-state index in [1.807, 2.05) is 18.2 Å². The number of aromatic nitrogens is 2. The van der Waals surface area contributed by atoms with Crippen LogP contribution < -0.4 is 5.32 Å². The molecule has 1 aliphatic heterocycles. The molecule has 0 unspecified atom stereocenters. The Hall–Kier alpha value is -2.57. The second kappa shape index (κ2) is 7.98. The Balaban J connectivity index is 1.27. The van der Waals surface area contributed by atoms with E-state index in [4.69, 9.17) is 16.0 Å². The van der Waals surface area contributed by atoms with E-state index in [-0.39, 0.29) is 11.9 Å². The van der Waals surface area contributed by atoms with Gasteiger partial charge in [0, 0.05) is 36.8 Å². The number of nitrogens with one attached hydrogen (secondary N) is 2. The molecule has 27 heavy (non-hydrogen) atoms. The zero-order valence-electron chi connectivity index (χ0n) is 14.8. The highest BCUT2D eigenvalue weighted by atomic mass is 35.5. The van der Waals surface area contributed by atoms with Crippen LogP contribution in [0.4, 0.5) is 0 Å². The van der Waals surface area contributed by atoms with Crippen LogP contribution in [-0.4, -0.2) is 40.1 Å². The fourth-order valence-electron chi connectivity index (χ4n) is 3.34. The average molecular weight is 385 g/mol. The maximum Gasteiger partial charge on any atom is 0.272 e. The number of H-pyrrole nitrogens is 1. The predicted molar refractivity (Wildman–Crippen MR) is 104 cm³/mol. The molecule has 0 atom stereocenters. The van der Waals surface area contributed by atoms with E-state index in [1.54, 1.807) is 18.4 Å². The first-order chi connectivity index (χ1) is 13.2. The third-order valence-electron chi connectivity index (χ3n) is 4.84. The number of nitrogens with zero attached hydrogens (tertiary/aromatic N) is 2. The van der Waals surface area contributed by atoms with Gasteiger partial charge in [0.2, 0.25) is 0 Å². The lowest BCUT2D eigenvalue weighted by molar-refractivity contribution is 0.0904. The quantitative estimate of drug-likeness (QED) is 0.703. The molecule has 1 fully saturated rings. The second-order valence-corrected chi connectivity index (χ2v) is 7.23. The number of piperidine rings is 1. The van der Waals surface area contributed by atoms with Crippen LogP contribution in [0, 0.1) is 0 Å². The van der Waals surface area contributed by atoms with E-state index in [1.165, 1.54) is 5.56 Å². The van der Waals surface area contributed by atoms with Gasteiger partial charge < -0.3 is 9.73 Å². The van der Waals surface area contributed by atoms with Crippen molar-refractivity contribution < 1.29 is 9.21 Å². The normalized spacial score (nSPS) is 15.7. The zero-order chi connectivity index (χ0) is 18.6. The lowest BCUT2D eigenvalue weighted by Crippen LogP contribution is -2.44. The second-order valence-electron chi connectivity index (χ2n) is 6.79. The van der Waals surface area contributed by atoms with Gasteiger partial charge in [0.25, 0.3) is 5.91 Å². The molecular weight excluding hydrogens is 364 g/mol. The molecular formula is C20H21ClN4O2. The topological polar surface area (TPSA) is 74.2 Å². The number of benzene rings is 1. The molecule has 7 heteroatoms. The fourth-order valence-corrected chi connectivity index (χ4v) is 3.46. The number of halogens is 1. The van der Waals surface area contributed by atoms with Crippen LogP contribution in [0.15, 0.2) is 53.1 Å². The van der Waals surface area contributed by atoms with E-state index < -0.39 is 0 Å². The van der Waals surface area contributed by atoms with Crippen molar-refractivity contribution >= 4 is 17.5 Å². The Morgan fingerprint density at radius 3 is 2.74 bits per heavy atom. The summed E-state index contributed by atoms with van der Waals surface area (Å²) in [5.41, 5.74) is 2.33. The van der Waals surface area contributed by atoms with Gasteiger partial charge in [0.15, 0.2) is 11.5 Å². The average Bonchev–Trinajstić information content (AvgIpc) is 3.36. The van der Waals surface area contributed by atoms with Crippen molar-refractivity contribution in [3.63, 3.8) is 0 Å². The molecule has 3 heterocycles. The first kappa shape index (κ1) is 17.8. The summed E-state index contributed by atoms with van der Waals surface area (Å²) in [6, 6.07) is 13.5. The van der Waals surface area contributed by atoms with Crippen LogP contribution in [0.3, 0.4) is 0 Å². The minimum Gasteiger partial charge on any atom is -0.463 e. The van der Waals surface area contributed by atoms with Crippen LogP contribution in [0.2, 0.25) is 5.02 Å². The minimum absolute atomic E-state index is 0.153. The summed E-state index contributed by atoms with van der Waals surface area (Å²) >= 11 is 5.94. The Labute approximate surface area is 162 Å². The molecule has 6 nitrogen and oxygen atoms in total.